The molecule has 116 valence electrons. The first-order valence-electron chi connectivity index (χ1n) is 8.20. The van der Waals surface area contributed by atoms with Crippen molar-refractivity contribution < 1.29 is 0 Å². The van der Waals surface area contributed by atoms with Gasteiger partial charge in [-0.05, 0) is 24.4 Å². The molecule has 0 saturated carbocycles. The first-order valence-corrected chi connectivity index (χ1v) is 8.20. The van der Waals surface area contributed by atoms with Gasteiger partial charge < -0.3 is 9.88 Å². The second-order valence-corrected chi connectivity index (χ2v) is 5.87. The summed E-state index contributed by atoms with van der Waals surface area (Å²) in [6, 6.07) is 10.4. The summed E-state index contributed by atoms with van der Waals surface area (Å²) in [7, 11) is 0. The van der Waals surface area contributed by atoms with Crippen molar-refractivity contribution in [2.45, 2.75) is 32.7 Å². The number of rotatable bonds is 6. The van der Waals surface area contributed by atoms with E-state index in [4.69, 9.17) is 0 Å². The van der Waals surface area contributed by atoms with Crippen LogP contribution in [-0.4, -0.2) is 27.9 Å². The van der Waals surface area contributed by atoms with Gasteiger partial charge in [0.05, 0.1) is 0 Å². The molecular formula is C18H24N4. The highest BCUT2D eigenvalue weighted by Gasteiger charge is 2.21. The van der Waals surface area contributed by atoms with Crippen molar-refractivity contribution in [2.75, 3.05) is 13.1 Å². The van der Waals surface area contributed by atoms with Crippen LogP contribution in [0.5, 0.6) is 0 Å². The SMILES string of the molecule is CCc1nnc2n1C[C@H](CNC/C=C/c1ccccc1)CC2. The molecule has 1 aromatic carbocycles. The third kappa shape index (κ3) is 3.63. The Hall–Kier alpha value is -1.94. The lowest BCUT2D eigenvalue weighted by atomic mass is 9.99. The maximum Gasteiger partial charge on any atom is 0.133 e. The molecular weight excluding hydrogens is 272 g/mol. The van der Waals surface area contributed by atoms with Crippen LogP contribution >= 0.6 is 0 Å². The normalized spacial score (nSPS) is 17.8. The molecule has 1 atom stereocenters. The average molecular weight is 296 g/mol. The standard InChI is InChI=1S/C18H24N4/c1-2-17-20-21-18-11-10-16(14-22(17)18)13-19-12-6-9-15-7-4-3-5-8-15/h3-9,16,19H,2,10-14H2,1H3/b9-6+/t16-/m0/s1. The number of benzene rings is 1. The highest BCUT2D eigenvalue weighted by Crippen LogP contribution is 2.19. The number of aryl methyl sites for hydroxylation is 2. The highest BCUT2D eigenvalue weighted by molar-refractivity contribution is 5.48. The Morgan fingerprint density at radius 1 is 1.27 bits per heavy atom. The fourth-order valence-electron chi connectivity index (χ4n) is 3.01. The third-order valence-electron chi connectivity index (χ3n) is 4.24. The summed E-state index contributed by atoms with van der Waals surface area (Å²) in [5, 5.41) is 12.1. The van der Waals surface area contributed by atoms with Crippen molar-refractivity contribution >= 4 is 6.08 Å². The van der Waals surface area contributed by atoms with Gasteiger partial charge in [-0.25, -0.2) is 0 Å². The van der Waals surface area contributed by atoms with Crippen molar-refractivity contribution in [2.24, 2.45) is 5.92 Å². The van der Waals surface area contributed by atoms with E-state index in [0.29, 0.717) is 5.92 Å². The Balaban J connectivity index is 1.44. The first kappa shape index (κ1) is 15.0. The lowest BCUT2D eigenvalue weighted by molar-refractivity contribution is 0.347. The molecule has 2 aromatic rings. The van der Waals surface area contributed by atoms with Gasteiger partial charge in [-0.3, -0.25) is 0 Å². The van der Waals surface area contributed by atoms with E-state index in [1.54, 1.807) is 0 Å². The number of nitrogens with zero attached hydrogens (tertiary/aromatic N) is 3. The van der Waals surface area contributed by atoms with Crippen LogP contribution in [0.15, 0.2) is 36.4 Å². The van der Waals surface area contributed by atoms with Gasteiger partial charge in [0.25, 0.3) is 0 Å². The summed E-state index contributed by atoms with van der Waals surface area (Å²) in [5.41, 5.74) is 1.25. The smallest absolute Gasteiger partial charge is 0.133 e. The van der Waals surface area contributed by atoms with E-state index in [-0.39, 0.29) is 0 Å². The van der Waals surface area contributed by atoms with Crippen LogP contribution in [-0.2, 0) is 19.4 Å². The zero-order chi connectivity index (χ0) is 15.2. The lowest BCUT2D eigenvalue weighted by Crippen LogP contribution is -2.30. The molecule has 22 heavy (non-hydrogen) atoms. The molecule has 0 aliphatic carbocycles. The summed E-state index contributed by atoms with van der Waals surface area (Å²) in [6.45, 7) is 5.18. The minimum Gasteiger partial charge on any atom is -0.315 e. The number of nitrogens with one attached hydrogen (secondary N) is 1. The van der Waals surface area contributed by atoms with Crippen LogP contribution in [0, 0.1) is 5.92 Å². The van der Waals surface area contributed by atoms with Crippen molar-refractivity contribution in [1.29, 1.82) is 0 Å². The quantitative estimate of drug-likeness (QED) is 0.834. The number of aromatic nitrogens is 3. The van der Waals surface area contributed by atoms with Crippen LogP contribution in [0.1, 0.15) is 30.6 Å². The number of hydrogen-bond donors (Lipinski definition) is 1. The van der Waals surface area contributed by atoms with E-state index in [0.717, 1.165) is 44.1 Å². The van der Waals surface area contributed by atoms with Gasteiger partial charge in [0.15, 0.2) is 0 Å². The molecule has 2 heterocycles. The van der Waals surface area contributed by atoms with Crippen LogP contribution in [0.3, 0.4) is 0 Å². The average Bonchev–Trinajstić information content (AvgIpc) is 2.98. The summed E-state index contributed by atoms with van der Waals surface area (Å²) >= 11 is 0. The Kier molecular flexibility index (Phi) is 5.01. The second kappa shape index (κ2) is 7.36. The van der Waals surface area contributed by atoms with Crippen LogP contribution in [0.4, 0.5) is 0 Å². The third-order valence-corrected chi connectivity index (χ3v) is 4.24. The van der Waals surface area contributed by atoms with E-state index in [9.17, 15) is 0 Å². The Bertz CT molecular complexity index is 602. The summed E-state index contributed by atoms with van der Waals surface area (Å²) in [4.78, 5) is 0. The fraction of sp³-hybridized carbons (Fsp3) is 0.444. The van der Waals surface area contributed by atoms with Crippen molar-refractivity contribution in [1.82, 2.24) is 20.1 Å². The summed E-state index contributed by atoms with van der Waals surface area (Å²) in [5.74, 6) is 2.97. The summed E-state index contributed by atoms with van der Waals surface area (Å²) in [6.07, 6.45) is 7.59. The molecule has 3 rings (SSSR count). The molecule has 4 nitrogen and oxygen atoms in total. The lowest BCUT2D eigenvalue weighted by Gasteiger charge is -2.24. The van der Waals surface area contributed by atoms with Gasteiger partial charge in [0, 0.05) is 25.9 Å². The predicted octanol–water partition coefficient (Wildman–Crippen LogP) is 2.71. The first-order chi connectivity index (χ1) is 10.9. The summed E-state index contributed by atoms with van der Waals surface area (Å²) < 4.78 is 2.32. The van der Waals surface area contributed by atoms with Crippen molar-refractivity contribution in [3.8, 4) is 0 Å². The van der Waals surface area contributed by atoms with Gasteiger partial charge in [0.1, 0.15) is 11.6 Å². The molecule has 1 aliphatic rings. The van der Waals surface area contributed by atoms with E-state index >= 15 is 0 Å². The van der Waals surface area contributed by atoms with E-state index < -0.39 is 0 Å². The Labute approximate surface area is 132 Å². The van der Waals surface area contributed by atoms with Gasteiger partial charge in [0.2, 0.25) is 0 Å². The maximum absolute atomic E-state index is 4.29. The van der Waals surface area contributed by atoms with E-state index in [2.05, 4.69) is 63.4 Å². The van der Waals surface area contributed by atoms with Crippen molar-refractivity contribution in [3.63, 3.8) is 0 Å². The minimum atomic E-state index is 0.680. The molecule has 0 amide bonds. The molecule has 1 N–H and O–H groups in total. The zero-order valence-corrected chi connectivity index (χ0v) is 13.2. The van der Waals surface area contributed by atoms with E-state index in [1.165, 1.54) is 12.0 Å². The maximum atomic E-state index is 4.29. The van der Waals surface area contributed by atoms with Gasteiger partial charge in [-0.2, -0.15) is 0 Å². The molecule has 0 spiro atoms. The number of fused-ring (bicyclic) bond motifs is 1. The predicted molar refractivity (Wildman–Crippen MR) is 89.6 cm³/mol. The molecule has 0 radical (unpaired) electrons. The molecule has 1 aromatic heterocycles. The molecule has 0 fully saturated rings. The van der Waals surface area contributed by atoms with E-state index in [1.807, 2.05) is 6.07 Å². The molecule has 0 unspecified atom stereocenters. The molecule has 0 bridgehead atoms. The molecule has 4 heteroatoms. The van der Waals surface area contributed by atoms with Gasteiger partial charge in [-0.15, -0.1) is 10.2 Å². The fourth-order valence-corrected chi connectivity index (χ4v) is 3.01. The monoisotopic (exact) mass is 296 g/mol. The second-order valence-electron chi connectivity index (χ2n) is 5.87. The van der Waals surface area contributed by atoms with Crippen LogP contribution < -0.4 is 5.32 Å². The minimum absolute atomic E-state index is 0.680. The Morgan fingerprint density at radius 2 is 2.14 bits per heavy atom. The molecule has 0 saturated heterocycles. The molecule has 1 aliphatic heterocycles. The topological polar surface area (TPSA) is 42.7 Å². The van der Waals surface area contributed by atoms with Crippen molar-refractivity contribution in [3.05, 3.63) is 53.6 Å². The van der Waals surface area contributed by atoms with Crippen LogP contribution in [0.25, 0.3) is 6.08 Å². The van der Waals surface area contributed by atoms with Gasteiger partial charge >= 0.3 is 0 Å². The number of hydrogen-bond acceptors (Lipinski definition) is 3. The van der Waals surface area contributed by atoms with Gasteiger partial charge in [-0.1, -0.05) is 49.4 Å². The van der Waals surface area contributed by atoms with Crippen LogP contribution in [0.2, 0.25) is 0 Å². The Morgan fingerprint density at radius 3 is 2.95 bits per heavy atom. The largest absolute Gasteiger partial charge is 0.315 e. The zero-order valence-electron chi connectivity index (χ0n) is 13.2. The highest BCUT2D eigenvalue weighted by atomic mass is 15.3.